The summed E-state index contributed by atoms with van der Waals surface area (Å²) in [6, 6.07) is 17.7. The third-order valence-corrected chi connectivity index (χ3v) is 8.93. The van der Waals surface area contributed by atoms with E-state index >= 15 is 0 Å². The maximum atomic E-state index is 13.1. The summed E-state index contributed by atoms with van der Waals surface area (Å²) in [5.74, 6) is -0.165. The number of carbonyl (C=O) groups is 1. The fourth-order valence-electron chi connectivity index (χ4n) is 3.75. The van der Waals surface area contributed by atoms with Gasteiger partial charge in [0.1, 0.15) is 5.75 Å². The number of para-hydroxylation sites is 1. The summed E-state index contributed by atoms with van der Waals surface area (Å²) in [4.78, 5) is 12.5. The van der Waals surface area contributed by atoms with E-state index in [1.165, 1.54) is 47.8 Å². The number of carbonyl (C=O) groups excluding carboxylic acids is 1. The average Bonchev–Trinajstić information content (AvgIpc) is 3.29. The molecular weight excluding hydrogens is 490 g/mol. The third kappa shape index (κ3) is 5.16. The third-order valence-electron chi connectivity index (χ3n) is 5.69. The monoisotopic (exact) mass is 515 g/mol. The predicted octanol–water partition coefficient (Wildman–Crippen LogP) is 2.67. The van der Waals surface area contributed by atoms with Crippen molar-refractivity contribution in [3.05, 3.63) is 77.9 Å². The molecule has 0 atom stereocenters. The van der Waals surface area contributed by atoms with E-state index in [0.717, 1.165) is 5.56 Å². The van der Waals surface area contributed by atoms with Crippen LogP contribution in [0.2, 0.25) is 0 Å². The quantitative estimate of drug-likeness (QED) is 0.476. The van der Waals surface area contributed by atoms with Crippen LogP contribution in [-0.2, 0) is 31.3 Å². The molecule has 2 N–H and O–H groups in total. The lowest BCUT2D eigenvalue weighted by molar-refractivity contribution is -0.118. The average molecular weight is 516 g/mol. The van der Waals surface area contributed by atoms with Crippen LogP contribution in [0.15, 0.2) is 76.5 Å². The second-order valence-electron chi connectivity index (χ2n) is 7.95. The van der Waals surface area contributed by atoms with Crippen molar-refractivity contribution in [3.8, 4) is 5.75 Å². The molecule has 184 valence electrons. The Morgan fingerprint density at radius 2 is 1.66 bits per heavy atom. The van der Waals surface area contributed by atoms with E-state index in [0.29, 0.717) is 35.7 Å². The molecule has 0 saturated heterocycles. The number of hydrogen-bond donors (Lipinski definition) is 2. The van der Waals surface area contributed by atoms with Gasteiger partial charge in [-0.25, -0.2) is 21.6 Å². The van der Waals surface area contributed by atoms with E-state index in [1.807, 2.05) is 18.2 Å². The lowest BCUT2D eigenvalue weighted by atomic mass is 10.2. The van der Waals surface area contributed by atoms with Crippen molar-refractivity contribution < 1.29 is 26.4 Å². The molecule has 0 fully saturated rings. The highest BCUT2D eigenvalue weighted by molar-refractivity contribution is 7.92. The number of hydrogen-bond acceptors (Lipinski definition) is 6. The Morgan fingerprint density at radius 1 is 0.971 bits per heavy atom. The van der Waals surface area contributed by atoms with Gasteiger partial charge in [-0.15, -0.1) is 0 Å². The highest BCUT2D eigenvalue weighted by Gasteiger charge is 2.30. The summed E-state index contributed by atoms with van der Waals surface area (Å²) in [7, 11) is -6.06. The Bertz CT molecular complexity index is 1470. The highest BCUT2D eigenvalue weighted by atomic mass is 32.2. The van der Waals surface area contributed by atoms with E-state index in [9.17, 15) is 21.6 Å². The van der Waals surface area contributed by atoms with Gasteiger partial charge in [-0.3, -0.25) is 9.10 Å². The first-order valence-electron chi connectivity index (χ1n) is 10.8. The van der Waals surface area contributed by atoms with Crippen LogP contribution in [0.25, 0.3) is 0 Å². The van der Waals surface area contributed by atoms with Crippen LogP contribution < -0.4 is 19.1 Å². The van der Waals surface area contributed by atoms with Gasteiger partial charge in [-0.1, -0.05) is 24.3 Å². The first kappa shape index (κ1) is 24.7. The Kier molecular flexibility index (Phi) is 6.84. The first-order valence-corrected chi connectivity index (χ1v) is 13.7. The molecule has 0 aliphatic carbocycles. The number of fused-ring (bicyclic) bond motifs is 1. The minimum Gasteiger partial charge on any atom is -0.484 e. The molecule has 3 aromatic rings. The molecule has 1 amide bonds. The summed E-state index contributed by atoms with van der Waals surface area (Å²) >= 11 is 0. The molecule has 1 aliphatic rings. The number of nitrogens with zero attached hydrogens (tertiary/aromatic N) is 1. The number of benzene rings is 3. The summed E-state index contributed by atoms with van der Waals surface area (Å²) < 4.78 is 59.4. The molecule has 1 heterocycles. The lowest BCUT2D eigenvalue weighted by Gasteiger charge is -2.19. The van der Waals surface area contributed by atoms with Crippen LogP contribution in [0.4, 0.5) is 11.4 Å². The van der Waals surface area contributed by atoms with Crippen LogP contribution in [0.1, 0.15) is 11.1 Å². The smallest absolute Gasteiger partial charge is 0.264 e. The van der Waals surface area contributed by atoms with Crippen molar-refractivity contribution >= 4 is 37.3 Å². The molecule has 9 nitrogen and oxygen atoms in total. The lowest BCUT2D eigenvalue weighted by Crippen LogP contribution is -2.29. The summed E-state index contributed by atoms with van der Waals surface area (Å²) in [5.41, 5.74) is 2.71. The molecule has 11 heteroatoms. The van der Waals surface area contributed by atoms with Crippen molar-refractivity contribution in [2.75, 3.05) is 29.8 Å². The Balaban J connectivity index is 1.40. The highest BCUT2D eigenvalue weighted by Crippen LogP contribution is 2.33. The molecule has 0 aromatic heterocycles. The molecule has 0 unspecified atom stereocenters. The zero-order valence-electron chi connectivity index (χ0n) is 19.2. The van der Waals surface area contributed by atoms with Gasteiger partial charge in [0.05, 0.1) is 15.5 Å². The number of aryl methyl sites for hydroxylation is 1. The van der Waals surface area contributed by atoms with Crippen molar-refractivity contribution in [2.24, 2.45) is 0 Å². The number of rotatable bonds is 8. The number of nitrogens with one attached hydrogen (secondary N) is 2. The van der Waals surface area contributed by atoms with E-state index in [-0.39, 0.29) is 16.4 Å². The number of ether oxygens (including phenoxy) is 1. The molecule has 3 aromatic carbocycles. The summed E-state index contributed by atoms with van der Waals surface area (Å²) in [5, 5.41) is 2.64. The molecule has 0 saturated carbocycles. The minimum atomic E-state index is -3.72. The first-order chi connectivity index (χ1) is 16.6. The van der Waals surface area contributed by atoms with Crippen LogP contribution >= 0.6 is 0 Å². The molecule has 1 aliphatic heterocycles. The zero-order valence-corrected chi connectivity index (χ0v) is 20.8. The Labute approximate surface area is 204 Å². The number of amides is 1. The van der Waals surface area contributed by atoms with Crippen LogP contribution in [-0.4, -0.2) is 42.9 Å². The normalized spacial score (nSPS) is 13.4. The summed E-state index contributed by atoms with van der Waals surface area (Å²) in [6.07, 6.45) is 0.662. The van der Waals surface area contributed by atoms with E-state index in [1.54, 1.807) is 19.1 Å². The molecule has 4 rings (SSSR count). The van der Waals surface area contributed by atoms with Crippen LogP contribution in [0.3, 0.4) is 0 Å². The minimum absolute atomic E-state index is 0.0271. The van der Waals surface area contributed by atoms with E-state index in [2.05, 4.69) is 10.0 Å². The van der Waals surface area contributed by atoms with E-state index < -0.39 is 26.0 Å². The van der Waals surface area contributed by atoms with Crippen molar-refractivity contribution in [1.82, 2.24) is 4.72 Å². The topological polar surface area (TPSA) is 122 Å². The Morgan fingerprint density at radius 3 is 2.37 bits per heavy atom. The van der Waals surface area contributed by atoms with Gasteiger partial charge in [0.25, 0.3) is 15.9 Å². The van der Waals surface area contributed by atoms with E-state index in [4.69, 9.17) is 4.74 Å². The van der Waals surface area contributed by atoms with Crippen molar-refractivity contribution in [1.29, 1.82) is 0 Å². The van der Waals surface area contributed by atoms with Gasteiger partial charge in [-0.2, -0.15) is 0 Å². The maximum Gasteiger partial charge on any atom is 0.264 e. The predicted molar refractivity (Wildman–Crippen MR) is 133 cm³/mol. The fourth-order valence-corrected chi connectivity index (χ4v) is 6.01. The second kappa shape index (κ2) is 9.68. The molecule has 0 radical (unpaired) electrons. The van der Waals surface area contributed by atoms with Crippen LogP contribution in [0.5, 0.6) is 5.75 Å². The zero-order chi connectivity index (χ0) is 25.2. The van der Waals surface area contributed by atoms with Gasteiger partial charge < -0.3 is 10.1 Å². The van der Waals surface area contributed by atoms with Gasteiger partial charge in [0.15, 0.2) is 6.61 Å². The number of sulfonamides is 2. The molecule has 35 heavy (non-hydrogen) atoms. The van der Waals surface area contributed by atoms with Gasteiger partial charge >= 0.3 is 0 Å². The van der Waals surface area contributed by atoms with Crippen molar-refractivity contribution in [3.63, 3.8) is 0 Å². The second-order valence-corrected chi connectivity index (χ2v) is 11.7. The van der Waals surface area contributed by atoms with Gasteiger partial charge in [-0.05, 0) is 74.0 Å². The molecule has 0 spiro atoms. The van der Waals surface area contributed by atoms with Gasteiger partial charge in [0.2, 0.25) is 10.0 Å². The maximum absolute atomic E-state index is 13.1. The van der Waals surface area contributed by atoms with Gasteiger partial charge in [0, 0.05) is 12.2 Å². The molecular formula is C24H25N3O6S2. The standard InChI is InChI=1S/C24H25N3O6S2/c1-17-7-10-21(34(29,30)25-2)15-22(17)26-24(28)16-33-19-8-11-20(12-9-19)35(31,32)27-14-13-18-5-3-4-6-23(18)27/h3-12,15,25H,13-14,16H2,1-2H3,(H,26,28). The van der Waals surface area contributed by atoms with Crippen molar-refractivity contribution in [2.45, 2.75) is 23.1 Å². The SMILES string of the molecule is CNS(=O)(=O)c1ccc(C)c(NC(=O)COc2ccc(S(=O)(=O)N3CCc4ccccc43)cc2)c1. The number of anilines is 2. The fraction of sp³-hybridized carbons (Fsp3) is 0.208. The Hall–Kier alpha value is -3.41. The molecule has 0 bridgehead atoms. The summed E-state index contributed by atoms with van der Waals surface area (Å²) in [6.45, 7) is 1.79. The van der Waals surface area contributed by atoms with Crippen LogP contribution in [0, 0.1) is 6.92 Å². The largest absolute Gasteiger partial charge is 0.484 e.